The van der Waals surface area contributed by atoms with Crippen molar-refractivity contribution in [2.24, 2.45) is 5.92 Å². The third-order valence-corrected chi connectivity index (χ3v) is 3.74. The molecule has 0 amide bonds. The highest BCUT2D eigenvalue weighted by molar-refractivity contribution is 6.30. The second kappa shape index (κ2) is 4.58. The summed E-state index contributed by atoms with van der Waals surface area (Å²) in [5.41, 5.74) is 2.03. The number of rotatable bonds is 3. The highest BCUT2D eigenvalue weighted by Gasteiger charge is 2.43. The fraction of sp³-hybridized carbons (Fsp3) is 0.188. The van der Waals surface area contributed by atoms with Crippen molar-refractivity contribution < 1.29 is 4.79 Å². The molecule has 18 heavy (non-hydrogen) atoms. The van der Waals surface area contributed by atoms with Gasteiger partial charge in [0.25, 0.3) is 0 Å². The molecular weight excluding hydrogens is 244 g/mol. The number of hydrogen-bond donors (Lipinski definition) is 0. The van der Waals surface area contributed by atoms with Crippen LogP contribution in [0.3, 0.4) is 0 Å². The van der Waals surface area contributed by atoms with Crippen molar-refractivity contribution in [1.29, 1.82) is 0 Å². The fourth-order valence-corrected chi connectivity index (χ4v) is 2.51. The first kappa shape index (κ1) is 11.5. The molecule has 0 spiro atoms. The Kier molecular flexibility index (Phi) is 2.92. The molecule has 2 aromatic carbocycles. The van der Waals surface area contributed by atoms with E-state index in [9.17, 15) is 4.79 Å². The predicted molar refractivity (Wildman–Crippen MR) is 73.1 cm³/mol. The van der Waals surface area contributed by atoms with Gasteiger partial charge in [-0.2, -0.15) is 0 Å². The molecule has 1 aliphatic carbocycles. The van der Waals surface area contributed by atoms with Crippen molar-refractivity contribution in [1.82, 2.24) is 0 Å². The Morgan fingerprint density at radius 2 is 1.67 bits per heavy atom. The Labute approximate surface area is 111 Å². The van der Waals surface area contributed by atoms with Crippen LogP contribution in [0.4, 0.5) is 0 Å². The van der Waals surface area contributed by atoms with Crippen LogP contribution in [0.5, 0.6) is 0 Å². The van der Waals surface area contributed by atoms with E-state index in [0.717, 1.165) is 12.0 Å². The normalized spacial score (nSPS) is 21.6. The van der Waals surface area contributed by atoms with Gasteiger partial charge in [0, 0.05) is 16.5 Å². The van der Waals surface area contributed by atoms with Crippen molar-refractivity contribution in [2.45, 2.75) is 12.3 Å². The van der Waals surface area contributed by atoms with Gasteiger partial charge in [-0.15, -0.1) is 0 Å². The maximum absolute atomic E-state index is 12.3. The molecule has 0 radical (unpaired) electrons. The minimum Gasteiger partial charge on any atom is -0.294 e. The molecule has 0 heterocycles. The van der Waals surface area contributed by atoms with Crippen molar-refractivity contribution in [3.05, 3.63) is 70.7 Å². The Morgan fingerprint density at radius 1 is 1.00 bits per heavy atom. The van der Waals surface area contributed by atoms with Gasteiger partial charge in [0.1, 0.15) is 0 Å². The molecule has 90 valence electrons. The molecule has 1 saturated carbocycles. The van der Waals surface area contributed by atoms with Crippen molar-refractivity contribution >= 4 is 17.4 Å². The zero-order valence-electron chi connectivity index (χ0n) is 9.84. The third kappa shape index (κ3) is 2.19. The van der Waals surface area contributed by atoms with E-state index >= 15 is 0 Å². The van der Waals surface area contributed by atoms with Crippen molar-refractivity contribution in [2.75, 3.05) is 0 Å². The Bertz CT molecular complexity index is 559. The van der Waals surface area contributed by atoms with Crippen LogP contribution in [0.25, 0.3) is 0 Å². The minimum atomic E-state index is 0.147. The third-order valence-electron chi connectivity index (χ3n) is 3.48. The summed E-state index contributed by atoms with van der Waals surface area (Å²) < 4.78 is 0. The van der Waals surface area contributed by atoms with Gasteiger partial charge in [0.05, 0.1) is 0 Å². The van der Waals surface area contributed by atoms with Crippen LogP contribution < -0.4 is 0 Å². The molecule has 0 unspecified atom stereocenters. The van der Waals surface area contributed by atoms with Crippen LogP contribution in [0, 0.1) is 5.92 Å². The zero-order chi connectivity index (χ0) is 12.5. The largest absolute Gasteiger partial charge is 0.294 e. The lowest BCUT2D eigenvalue weighted by Crippen LogP contribution is -2.02. The van der Waals surface area contributed by atoms with Crippen LogP contribution in [-0.2, 0) is 0 Å². The summed E-state index contributed by atoms with van der Waals surface area (Å²) in [7, 11) is 0. The topological polar surface area (TPSA) is 17.1 Å². The Morgan fingerprint density at radius 3 is 2.33 bits per heavy atom. The van der Waals surface area contributed by atoms with Gasteiger partial charge in [0.2, 0.25) is 0 Å². The monoisotopic (exact) mass is 256 g/mol. The SMILES string of the molecule is O=C(c1ccc(Cl)cc1)[C@H]1C[C@@H]1c1ccccc1. The first-order valence-corrected chi connectivity index (χ1v) is 6.48. The molecule has 1 aliphatic rings. The summed E-state index contributed by atoms with van der Waals surface area (Å²) in [6.45, 7) is 0. The summed E-state index contributed by atoms with van der Waals surface area (Å²) in [5, 5.41) is 0.668. The summed E-state index contributed by atoms with van der Waals surface area (Å²) in [4.78, 5) is 12.3. The molecular formula is C16H13ClO. The molecule has 2 atom stereocenters. The van der Waals surface area contributed by atoms with E-state index < -0.39 is 0 Å². The Hall–Kier alpha value is -1.60. The van der Waals surface area contributed by atoms with Gasteiger partial charge >= 0.3 is 0 Å². The van der Waals surface area contributed by atoms with Gasteiger partial charge in [-0.3, -0.25) is 4.79 Å². The van der Waals surface area contributed by atoms with E-state index in [1.54, 1.807) is 12.1 Å². The highest BCUT2D eigenvalue weighted by atomic mass is 35.5. The quantitative estimate of drug-likeness (QED) is 0.747. The maximum atomic E-state index is 12.3. The summed E-state index contributed by atoms with van der Waals surface area (Å²) >= 11 is 5.82. The molecule has 0 aliphatic heterocycles. The predicted octanol–water partition coefficient (Wildman–Crippen LogP) is 4.33. The van der Waals surface area contributed by atoms with Gasteiger partial charge in [-0.25, -0.2) is 0 Å². The second-order valence-electron chi connectivity index (χ2n) is 4.73. The lowest BCUT2D eigenvalue weighted by molar-refractivity contribution is 0.0965. The van der Waals surface area contributed by atoms with E-state index in [4.69, 9.17) is 11.6 Å². The van der Waals surface area contributed by atoms with Crippen molar-refractivity contribution in [3.63, 3.8) is 0 Å². The standard InChI is InChI=1S/C16H13ClO/c17-13-8-6-12(7-9-13)16(18)15-10-14(15)11-4-2-1-3-5-11/h1-9,14-15H,10H2/t14-,15+/m1/s1. The summed E-state index contributed by atoms with van der Waals surface area (Å²) in [5.74, 6) is 0.781. The molecule has 2 heteroatoms. The van der Waals surface area contributed by atoms with Crippen LogP contribution in [0.15, 0.2) is 54.6 Å². The molecule has 0 saturated heterocycles. The average Bonchev–Trinajstić information content (AvgIpc) is 3.20. The average molecular weight is 257 g/mol. The lowest BCUT2D eigenvalue weighted by Gasteiger charge is -2.01. The van der Waals surface area contributed by atoms with Gasteiger partial charge in [-0.05, 0) is 42.2 Å². The lowest BCUT2D eigenvalue weighted by atomic mass is 10.0. The summed E-state index contributed by atoms with van der Waals surface area (Å²) in [6, 6.07) is 17.4. The van der Waals surface area contributed by atoms with Crippen LogP contribution in [0.1, 0.15) is 28.3 Å². The first-order valence-electron chi connectivity index (χ1n) is 6.10. The van der Waals surface area contributed by atoms with Gasteiger partial charge in [0.15, 0.2) is 5.78 Å². The number of benzene rings is 2. The van der Waals surface area contributed by atoms with Crippen LogP contribution in [0.2, 0.25) is 5.02 Å². The number of Topliss-reactive ketones (excluding diaryl/α,β-unsaturated/α-hetero) is 1. The molecule has 0 aromatic heterocycles. The van der Waals surface area contributed by atoms with E-state index in [2.05, 4.69) is 12.1 Å². The van der Waals surface area contributed by atoms with Crippen LogP contribution >= 0.6 is 11.6 Å². The number of carbonyl (C=O) groups is 1. The van der Waals surface area contributed by atoms with E-state index in [1.165, 1.54) is 5.56 Å². The number of carbonyl (C=O) groups excluding carboxylic acids is 1. The minimum absolute atomic E-state index is 0.147. The maximum Gasteiger partial charge on any atom is 0.166 e. The summed E-state index contributed by atoms with van der Waals surface area (Å²) in [6.07, 6.45) is 0.964. The molecule has 0 bridgehead atoms. The number of ketones is 1. The number of halogens is 1. The molecule has 1 fully saturated rings. The number of hydrogen-bond acceptors (Lipinski definition) is 1. The molecule has 3 rings (SSSR count). The molecule has 0 N–H and O–H groups in total. The van der Waals surface area contributed by atoms with E-state index in [-0.39, 0.29) is 11.7 Å². The van der Waals surface area contributed by atoms with Crippen molar-refractivity contribution in [3.8, 4) is 0 Å². The molecule has 1 nitrogen and oxygen atoms in total. The van der Waals surface area contributed by atoms with Gasteiger partial charge in [-0.1, -0.05) is 41.9 Å². The van der Waals surface area contributed by atoms with E-state index in [1.807, 2.05) is 30.3 Å². The second-order valence-corrected chi connectivity index (χ2v) is 5.17. The highest BCUT2D eigenvalue weighted by Crippen LogP contribution is 2.49. The molecule has 2 aromatic rings. The fourth-order valence-electron chi connectivity index (χ4n) is 2.38. The first-order chi connectivity index (χ1) is 8.75. The zero-order valence-corrected chi connectivity index (χ0v) is 10.6. The smallest absolute Gasteiger partial charge is 0.166 e. The Balaban J connectivity index is 1.75. The van der Waals surface area contributed by atoms with Crippen LogP contribution in [-0.4, -0.2) is 5.78 Å². The van der Waals surface area contributed by atoms with Gasteiger partial charge < -0.3 is 0 Å². The van der Waals surface area contributed by atoms with E-state index in [0.29, 0.717) is 10.9 Å².